The SMILES string of the molecule is CCCc1ccc(C(C)NCc2ccncc2)cc1. The third-order valence-corrected chi connectivity index (χ3v) is 3.38. The molecule has 100 valence electrons. The number of rotatable bonds is 6. The first kappa shape index (κ1) is 13.8. The molecule has 0 amide bonds. The summed E-state index contributed by atoms with van der Waals surface area (Å²) in [7, 11) is 0. The van der Waals surface area contributed by atoms with Gasteiger partial charge in [0.2, 0.25) is 0 Å². The molecule has 0 saturated heterocycles. The van der Waals surface area contributed by atoms with Gasteiger partial charge in [-0.25, -0.2) is 0 Å². The van der Waals surface area contributed by atoms with Gasteiger partial charge in [0.25, 0.3) is 0 Å². The lowest BCUT2D eigenvalue weighted by atomic mass is 10.0. The Balaban J connectivity index is 1.90. The molecule has 1 aromatic carbocycles. The van der Waals surface area contributed by atoms with Crippen molar-refractivity contribution in [1.82, 2.24) is 10.3 Å². The minimum Gasteiger partial charge on any atom is -0.306 e. The first-order valence-electron chi connectivity index (χ1n) is 7.00. The molecule has 19 heavy (non-hydrogen) atoms. The minimum absolute atomic E-state index is 0.365. The van der Waals surface area contributed by atoms with Gasteiger partial charge in [-0.1, -0.05) is 37.6 Å². The van der Waals surface area contributed by atoms with Crippen molar-refractivity contribution in [2.45, 2.75) is 39.3 Å². The molecule has 1 heterocycles. The second-order valence-corrected chi connectivity index (χ2v) is 4.95. The Morgan fingerprint density at radius 1 is 1.00 bits per heavy atom. The first-order valence-corrected chi connectivity index (χ1v) is 7.00. The molecular weight excluding hydrogens is 232 g/mol. The summed E-state index contributed by atoms with van der Waals surface area (Å²) in [6, 6.07) is 13.4. The summed E-state index contributed by atoms with van der Waals surface area (Å²) in [6.45, 7) is 5.29. The van der Waals surface area contributed by atoms with E-state index in [9.17, 15) is 0 Å². The van der Waals surface area contributed by atoms with Crippen LogP contribution in [0.15, 0.2) is 48.8 Å². The van der Waals surface area contributed by atoms with E-state index in [0.29, 0.717) is 6.04 Å². The standard InChI is InChI=1S/C17H22N2/c1-3-4-15-5-7-17(8-6-15)14(2)19-13-16-9-11-18-12-10-16/h5-12,14,19H,3-4,13H2,1-2H3. The van der Waals surface area contributed by atoms with Crippen LogP contribution in [0.25, 0.3) is 0 Å². The van der Waals surface area contributed by atoms with E-state index in [1.165, 1.54) is 29.5 Å². The highest BCUT2D eigenvalue weighted by Gasteiger charge is 2.04. The molecule has 0 radical (unpaired) electrons. The molecule has 0 bridgehead atoms. The number of nitrogens with zero attached hydrogens (tertiary/aromatic N) is 1. The topological polar surface area (TPSA) is 24.9 Å². The maximum absolute atomic E-state index is 4.03. The molecule has 2 nitrogen and oxygen atoms in total. The van der Waals surface area contributed by atoms with Crippen LogP contribution in [0.3, 0.4) is 0 Å². The Morgan fingerprint density at radius 3 is 2.32 bits per heavy atom. The summed E-state index contributed by atoms with van der Waals surface area (Å²) in [5.41, 5.74) is 4.03. The number of aromatic nitrogens is 1. The molecule has 2 heteroatoms. The van der Waals surface area contributed by atoms with Crippen LogP contribution in [-0.2, 0) is 13.0 Å². The van der Waals surface area contributed by atoms with Crippen molar-refractivity contribution in [2.24, 2.45) is 0 Å². The van der Waals surface area contributed by atoms with Gasteiger partial charge in [-0.2, -0.15) is 0 Å². The lowest BCUT2D eigenvalue weighted by Gasteiger charge is -2.14. The van der Waals surface area contributed by atoms with E-state index in [2.05, 4.69) is 48.4 Å². The van der Waals surface area contributed by atoms with Crippen molar-refractivity contribution in [1.29, 1.82) is 0 Å². The number of nitrogens with one attached hydrogen (secondary N) is 1. The second kappa shape index (κ2) is 7.05. The Bertz CT molecular complexity index is 476. The quantitative estimate of drug-likeness (QED) is 0.846. The number of aryl methyl sites for hydroxylation is 1. The van der Waals surface area contributed by atoms with E-state index in [-0.39, 0.29) is 0 Å². The molecule has 2 aromatic rings. The zero-order valence-corrected chi connectivity index (χ0v) is 11.8. The van der Waals surface area contributed by atoms with Crippen LogP contribution in [0.4, 0.5) is 0 Å². The van der Waals surface area contributed by atoms with Crippen LogP contribution in [-0.4, -0.2) is 4.98 Å². The normalized spacial score (nSPS) is 12.3. The third kappa shape index (κ3) is 4.18. The Labute approximate surface area is 115 Å². The van der Waals surface area contributed by atoms with Crippen molar-refractivity contribution < 1.29 is 0 Å². The average Bonchev–Trinajstić information content (AvgIpc) is 2.47. The molecule has 0 aliphatic carbocycles. The summed E-state index contributed by atoms with van der Waals surface area (Å²) in [5, 5.41) is 3.54. The highest BCUT2D eigenvalue weighted by atomic mass is 14.9. The molecular formula is C17H22N2. The van der Waals surface area contributed by atoms with Crippen LogP contribution < -0.4 is 5.32 Å². The average molecular weight is 254 g/mol. The molecule has 1 atom stereocenters. The summed E-state index contributed by atoms with van der Waals surface area (Å²) in [4.78, 5) is 4.03. The van der Waals surface area contributed by atoms with Crippen molar-refractivity contribution in [3.8, 4) is 0 Å². The van der Waals surface area contributed by atoms with Gasteiger partial charge in [0.15, 0.2) is 0 Å². The van der Waals surface area contributed by atoms with Gasteiger partial charge in [-0.15, -0.1) is 0 Å². The second-order valence-electron chi connectivity index (χ2n) is 4.95. The van der Waals surface area contributed by atoms with Crippen LogP contribution >= 0.6 is 0 Å². The summed E-state index contributed by atoms with van der Waals surface area (Å²) >= 11 is 0. The number of pyridine rings is 1. The summed E-state index contributed by atoms with van der Waals surface area (Å²) < 4.78 is 0. The Morgan fingerprint density at radius 2 is 1.68 bits per heavy atom. The van der Waals surface area contributed by atoms with Gasteiger partial charge in [-0.05, 0) is 42.2 Å². The highest BCUT2D eigenvalue weighted by molar-refractivity contribution is 5.25. The van der Waals surface area contributed by atoms with Crippen LogP contribution in [0, 0.1) is 0 Å². The molecule has 1 N–H and O–H groups in total. The van der Waals surface area contributed by atoms with Crippen LogP contribution in [0.1, 0.15) is 43.0 Å². The molecule has 1 aromatic heterocycles. The van der Waals surface area contributed by atoms with E-state index < -0.39 is 0 Å². The molecule has 0 aliphatic rings. The predicted molar refractivity (Wildman–Crippen MR) is 79.9 cm³/mol. The number of hydrogen-bond acceptors (Lipinski definition) is 2. The highest BCUT2D eigenvalue weighted by Crippen LogP contribution is 2.15. The maximum atomic E-state index is 4.03. The lowest BCUT2D eigenvalue weighted by molar-refractivity contribution is 0.574. The van der Waals surface area contributed by atoms with Crippen LogP contribution in [0.5, 0.6) is 0 Å². The van der Waals surface area contributed by atoms with E-state index >= 15 is 0 Å². The van der Waals surface area contributed by atoms with Gasteiger partial charge >= 0.3 is 0 Å². The van der Waals surface area contributed by atoms with Gasteiger partial charge in [-0.3, -0.25) is 4.98 Å². The fourth-order valence-electron chi connectivity index (χ4n) is 2.15. The number of benzene rings is 1. The van der Waals surface area contributed by atoms with Crippen molar-refractivity contribution in [3.63, 3.8) is 0 Å². The third-order valence-electron chi connectivity index (χ3n) is 3.38. The molecule has 0 fully saturated rings. The smallest absolute Gasteiger partial charge is 0.0294 e. The van der Waals surface area contributed by atoms with Gasteiger partial charge in [0.05, 0.1) is 0 Å². The van der Waals surface area contributed by atoms with Crippen molar-refractivity contribution >= 4 is 0 Å². The monoisotopic (exact) mass is 254 g/mol. The van der Waals surface area contributed by atoms with Gasteiger partial charge < -0.3 is 5.32 Å². The molecule has 1 unspecified atom stereocenters. The van der Waals surface area contributed by atoms with E-state index in [1.54, 1.807) is 0 Å². The van der Waals surface area contributed by atoms with Crippen LogP contribution in [0.2, 0.25) is 0 Å². The van der Waals surface area contributed by atoms with Gasteiger partial charge in [0, 0.05) is 25.0 Å². The van der Waals surface area contributed by atoms with E-state index in [0.717, 1.165) is 6.54 Å². The molecule has 0 aliphatic heterocycles. The van der Waals surface area contributed by atoms with E-state index in [1.807, 2.05) is 24.5 Å². The molecule has 2 rings (SSSR count). The van der Waals surface area contributed by atoms with Crippen molar-refractivity contribution in [2.75, 3.05) is 0 Å². The first-order chi connectivity index (χ1) is 9.29. The minimum atomic E-state index is 0.365. The van der Waals surface area contributed by atoms with Crippen molar-refractivity contribution in [3.05, 3.63) is 65.5 Å². The maximum Gasteiger partial charge on any atom is 0.0294 e. The fraction of sp³-hybridized carbons (Fsp3) is 0.353. The Kier molecular flexibility index (Phi) is 5.10. The zero-order valence-electron chi connectivity index (χ0n) is 11.8. The largest absolute Gasteiger partial charge is 0.306 e. The fourth-order valence-corrected chi connectivity index (χ4v) is 2.15. The predicted octanol–water partition coefficient (Wildman–Crippen LogP) is 3.88. The molecule has 0 saturated carbocycles. The lowest BCUT2D eigenvalue weighted by Crippen LogP contribution is -2.18. The number of hydrogen-bond donors (Lipinski definition) is 1. The summed E-state index contributed by atoms with van der Waals surface area (Å²) in [6.07, 6.45) is 6.04. The van der Waals surface area contributed by atoms with Gasteiger partial charge in [0.1, 0.15) is 0 Å². The van der Waals surface area contributed by atoms with E-state index in [4.69, 9.17) is 0 Å². The Hall–Kier alpha value is -1.67. The molecule has 0 spiro atoms. The summed E-state index contributed by atoms with van der Waals surface area (Å²) in [5.74, 6) is 0. The zero-order chi connectivity index (χ0) is 13.5.